The minimum absolute atomic E-state index is 0.0220. The first-order chi connectivity index (χ1) is 4.92. The van der Waals surface area contributed by atoms with E-state index in [-0.39, 0.29) is 5.54 Å². The van der Waals surface area contributed by atoms with E-state index in [1.165, 1.54) is 0 Å². The summed E-state index contributed by atoms with van der Waals surface area (Å²) >= 11 is 0. The Hall–Kier alpha value is -0.110. The molecule has 11 heavy (non-hydrogen) atoms. The summed E-state index contributed by atoms with van der Waals surface area (Å²) < 4.78 is 12.7. The van der Waals surface area contributed by atoms with Gasteiger partial charge in [-0.15, -0.1) is 0 Å². The van der Waals surface area contributed by atoms with Crippen LogP contribution < -0.4 is 0 Å². The van der Waals surface area contributed by atoms with Crippen molar-refractivity contribution in [1.82, 2.24) is 4.90 Å². The lowest BCUT2D eigenvalue weighted by Crippen LogP contribution is -2.42. The number of halogens is 1. The van der Waals surface area contributed by atoms with Crippen LogP contribution in [-0.4, -0.2) is 30.7 Å². The summed E-state index contributed by atoms with van der Waals surface area (Å²) in [6.45, 7) is 5.82. The fourth-order valence-electron chi connectivity index (χ4n) is 1.25. The third kappa shape index (κ3) is 3.19. The average molecular weight is 161 g/mol. The van der Waals surface area contributed by atoms with Crippen molar-refractivity contribution in [2.75, 3.05) is 14.1 Å². The fourth-order valence-corrected chi connectivity index (χ4v) is 1.25. The van der Waals surface area contributed by atoms with E-state index in [1.807, 2.05) is 14.1 Å². The van der Waals surface area contributed by atoms with Crippen molar-refractivity contribution in [2.45, 2.75) is 45.3 Å². The summed E-state index contributed by atoms with van der Waals surface area (Å²) in [7, 11) is 4.01. The van der Waals surface area contributed by atoms with Gasteiger partial charge in [-0.05, 0) is 40.8 Å². The van der Waals surface area contributed by atoms with Gasteiger partial charge in [0.15, 0.2) is 0 Å². The number of alkyl halides is 1. The molecule has 0 N–H and O–H groups in total. The molecule has 0 spiro atoms. The van der Waals surface area contributed by atoms with Gasteiger partial charge >= 0.3 is 0 Å². The van der Waals surface area contributed by atoms with Gasteiger partial charge in [0.2, 0.25) is 0 Å². The molecule has 0 saturated heterocycles. The maximum Gasteiger partial charge on any atom is 0.0991 e. The molecule has 2 atom stereocenters. The Labute approximate surface area is 69.6 Å². The summed E-state index contributed by atoms with van der Waals surface area (Å²) in [6.07, 6.45) is 0.910. The molecule has 0 aliphatic heterocycles. The largest absolute Gasteiger partial charge is 0.304 e. The minimum atomic E-state index is -0.706. The summed E-state index contributed by atoms with van der Waals surface area (Å²) in [5.41, 5.74) is 0.0220. The van der Waals surface area contributed by atoms with Crippen LogP contribution in [-0.2, 0) is 0 Å². The second kappa shape index (κ2) is 4.05. The van der Waals surface area contributed by atoms with Crippen LogP contribution in [0, 0.1) is 0 Å². The molecule has 0 amide bonds. The first-order valence-electron chi connectivity index (χ1n) is 4.24. The monoisotopic (exact) mass is 161 g/mol. The first-order valence-corrected chi connectivity index (χ1v) is 4.24. The third-order valence-corrected chi connectivity index (χ3v) is 2.56. The standard InChI is InChI=1S/C9H20FN/c1-6-9(3,11(4)5)7-8(2)10/h8H,6-7H2,1-5H3/t8-,9-/m0/s1. The maximum atomic E-state index is 12.7. The van der Waals surface area contributed by atoms with Gasteiger partial charge in [-0.2, -0.15) is 0 Å². The van der Waals surface area contributed by atoms with Crippen LogP contribution in [0.15, 0.2) is 0 Å². The highest BCUT2D eigenvalue weighted by atomic mass is 19.1. The van der Waals surface area contributed by atoms with Crippen molar-refractivity contribution >= 4 is 0 Å². The van der Waals surface area contributed by atoms with E-state index >= 15 is 0 Å². The van der Waals surface area contributed by atoms with Crippen LogP contribution in [0.2, 0.25) is 0 Å². The van der Waals surface area contributed by atoms with E-state index in [9.17, 15) is 4.39 Å². The van der Waals surface area contributed by atoms with Crippen molar-refractivity contribution in [1.29, 1.82) is 0 Å². The molecule has 0 aliphatic rings. The number of hydrogen-bond donors (Lipinski definition) is 0. The Kier molecular flexibility index (Phi) is 4.01. The number of hydrogen-bond acceptors (Lipinski definition) is 1. The van der Waals surface area contributed by atoms with Gasteiger partial charge in [0.05, 0.1) is 6.17 Å². The highest BCUT2D eigenvalue weighted by molar-refractivity contribution is 4.82. The van der Waals surface area contributed by atoms with Crippen LogP contribution in [0.4, 0.5) is 4.39 Å². The van der Waals surface area contributed by atoms with E-state index < -0.39 is 6.17 Å². The van der Waals surface area contributed by atoms with Crippen LogP contribution >= 0.6 is 0 Å². The molecule has 0 aliphatic carbocycles. The lowest BCUT2D eigenvalue weighted by molar-refractivity contribution is 0.118. The summed E-state index contributed by atoms with van der Waals surface area (Å²) in [5, 5.41) is 0. The van der Waals surface area contributed by atoms with Gasteiger partial charge in [0, 0.05) is 5.54 Å². The first kappa shape index (κ1) is 10.9. The highest BCUT2D eigenvalue weighted by Crippen LogP contribution is 2.23. The second-order valence-electron chi connectivity index (χ2n) is 3.73. The second-order valence-corrected chi connectivity index (χ2v) is 3.73. The van der Waals surface area contributed by atoms with E-state index in [2.05, 4.69) is 18.7 Å². The summed E-state index contributed by atoms with van der Waals surface area (Å²) in [6, 6.07) is 0. The fraction of sp³-hybridized carbons (Fsp3) is 1.00. The van der Waals surface area contributed by atoms with E-state index in [1.54, 1.807) is 6.92 Å². The Morgan fingerprint density at radius 1 is 1.45 bits per heavy atom. The smallest absolute Gasteiger partial charge is 0.0991 e. The highest BCUT2D eigenvalue weighted by Gasteiger charge is 2.26. The number of nitrogens with zero attached hydrogens (tertiary/aromatic N) is 1. The molecule has 0 fully saturated rings. The SMILES string of the molecule is CC[C@@](C)(C[C@H](C)F)N(C)C. The Morgan fingerprint density at radius 2 is 1.91 bits per heavy atom. The van der Waals surface area contributed by atoms with E-state index in [0.717, 1.165) is 6.42 Å². The minimum Gasteiger partial charge on any atom is -0.304 e. The molecule has 1 nitrogen and oxygen atoms in total. The Balaban J connectivity index is 4.10. The molecule has 2 heteroatoms. The maximum absolute atomic E-state index is 12.7. The predicted molar refractivity (Wildman–Crippen MR) is 47.6 cm³/mol. The van der Waals surface area contributed by atoms with Crippen molar-refractivity contribution < 1.29 is 4.39 Å². The van der Waals surface area contributed by atoms with Gasteiger partial charge in [0.25, 0.3) is 0 Å². The third-order valence-electron chi connectivity index (χ3n) is 2.56. The van der Waals surface area contributed by atoms with Gasteiger partial charge in [-0.25, -0.2) is 4.39 Å². The van der Waals surface area contributed by atoms with Crippen LogP contribution in [0.1, 0.15) is 33.6 Å². The topological polar surface area (TPSA) is 3.24 Å². The molecule has 0 bridgehead atoms. The van der Waals surface area contributed by atoms with Gasteiger partial charge in [0.1, 0.15) is 0 Å². The average Bonchev–Trinajstić information content (AvgIpc) is 1.86. The molecule has 68 valence electrons. The van der Waals surface area contributed by atoms with Crippen molar-refractivity contribution in [2.24, 2.45) is 0 Å². The normalized spacial score (nSPS) is 19.9. The summed E-state index contributed by atoms with van der Waals surface area (Å²) in [4.78, 5) is 2.10. The molecule has 0 heterocycles. The lowest BCUT2D eigenvalue weighted by atomic mass is 9.91. The summed E-state index contributed by atoms with van der Waals surface area (Å²) in [5.74, 6) is 0. The van der Waals surface area contributed by atoms with E-state index in [0.29, 0.717) is 6.42 Å². The van der Waals surface area contributed by atoms with E-state index in [4.69, 9.17) is 0 Å². The van der Waals surface area contributed by atoms with Crippen LogP contribution in [0.3, 0.4) is 0 Å². The lowest BCUT2D eigenvalue weighted by Gasteiger charge is -2.36. The van der Waals surface area contributed by atoms with Gasteiger partial charge < -0.3 is 4.90 Å². The van der Waals surface area contributed by atoms with Crippen molar-refractivity contribution in [3.63, 3.8) is 0 Å². The number of rotatable bonds is 4. The Morgan fingerprint density at radius 3 is 2.00 bits per heavy atom. The van der Waals surface area contributed by atoms with Gasteiger partial charge in [-0.1, -0.05) is 6.92 Å². The van der Waals surface area contributed by atoms with Crippen molar-refractivity contribution in [3.05, 3.63) is 0 Å². The van der Waals surface area contributed by atoms with Crippen LogP contribution in [0.25, 0.3) is 0 Å². The zero-order valence-electron chi connectivity index (χ0n) is 8.32. The molecule has 0 unspecified atom stereocenters. The molecule has 0 rings (SSSR count). The molecule has 0 aromatic rings. The zero-order valence-corrected chi connectivity index (χ0v) is 8.32. The zero-order chi connectivity index (χ0) is 9.07. The molecular formula is C9H20FN. The predicted octanol–water partition coefficient (Wildman–Crippen LogP) is 2.46. The molecule has 0 saturated carbocycles. The molecule has 0 aromatic carbocycles. The Bertz CT molecular complexity index is 112. The van der Waals surface area contributed by atoms with Crippen molar-refractivity contribution in [3.8, 4) is 0 Å². The van der Waals surface area contributed by atoms with Crippen LogP contribution in [0.5, 0.6) is 0 Å². The molecular weight excluding hydrogens is 141 g/mol. The quantitative estimate of drug-likeness (QED) is 0.612. The van der Waals surface area contributed by atoms with Gasteiger partial charge in [-0.3, -0.25) is 0 Å². The molecule has 0 radical (unpaired) electrons. The molecule has 0 aromatic heterocycles.